The van der Waals surface area contributed by atoms with Crippen molar-refractivity contribution in [3.05, 3.63) is 0 Å². The summed E-state index contributed by atoms with van der Waals surface area (Å²) in [6.07, 6.45) is -8.51. The molecule has 0 aliphatic heterocycles. The molecule has 0 spiro atoms. The molecule has 2 nitrogen and oxygen atoms in total. The molecule has 0 unspecified atom stereocenters. The van der Waals surface area contributed by atoms with Gasteiger partial charge in [0.05, 0.1) is 12.3 Å². The Hall–Kier alpha value is -1.02. The Labute approximate surface area is 73.4 Å². The molecule has 0 saturated heterocycles. The van der Waals surface area contributed by atoms with E-state index in [0.717, 1.165) is 0 Å². The van der Waals surface area contributed by atoms with Crippen molar-refractivity contribution in [2.24, 2.45) is 5.73 Å². The number of nitrogens with one attached hydrogen (secondary N) is 1. The Morgan fingerprint density at radius 1 is 1.00 bits per heavy atom. The lowest BCUT2D eigenvalue weighted by Crippen LogP contribution is -2.53. The minimum Gasteiger partial charge on any atom is -0.387 e. The predicted molar refractivity (Wildman–Crippen MR) is 32.5 cm³/mol. The van der Waals surface area contributed by atoms with Crippen LogP contribution < -0.4 is 5.73 Å². The Morgan fingerprint density at radius 2 is 1.36 bits per heavy atom. The van der Waals surface area contributed by atoms with E-state index >= 15 is 0 Å². The molecule has 3 N–H and O–H groups in total. The Kier molecular flexibility index (Phi) is 3.04. The van der Waals surface area contributed by atoms with Gasteiger partial charge in [-0.1, -0.05) is 0 Å². The number of nitrogens with two attached hydrogens (primary N) is 1. The zero-order valence-corrected chi connectivity index (χ0v) is 6.43. The maximum absolute atomic E-state index is 12.3. The highest BCUT2D eigenvalue weighted by Crippen LogP contribution is 2.47. The Balaban J connectivity index is 4.97. The number of amidine groups is 1. The molecule has 0 aliphatic carbocycles. The molecule has 14 heavy (non-hydrogen) atoms. The van der Waals surface area contributed by atoms with Crippen molar-refractivity contribution in [3.8, 4) is 0 Å². The van der Waals surface area contributed by atoms with E-state index < -0.39 is 30.3 Å². The molecular weight excluding hydrogens is 221 g/mol. The van der Waals surface area contributed by atoms with E-state index in [1.807, 2.05) is 0 Å². The Morgan fingerprint density at radius 3 is 1.57 bits per heavy atom. The lowest BCUT2D eigenvalue weighted by molar-refractivity contribution is -0.352. The number of halogens is 7. The molecular formula is C5H5F7N2. The van der Waals surface area contributed by atoms with Gasteiger partial charge in [-0.15, -0.1) is 0 Å². The van der Waals surface area contributed by atoms with Gasteiger partial charge in [-0.25, -0.2) is 0 Å². The molecule has 0 amide bonds. The third kappa shape index (κ3) is 2.26. The van der Waals surface area contributed by atoms with Gasteiger partial charge in [0, 0.05) is 0 Å². The summed E-state index contributed by atoms with van der Waals surface area (Å²) in [4.78, 5) is 0. The fourth-order valence-corrected chi connectivity index (χ4v) is 0.558. The van der Waals surface area contributed by atoms with Gasteiger partial charge in [0.1, 0.15) is 0 Å². The molecule has 0 bridgehead atoms. The average molecular weight is 226 g/mol. The van der Waals surface area contributed by atoms with Crippen molar-refractivity contribution >= 4 is 5.84 Å². The molecule has 0 atom stereocenters. The summed E-state index contributed by atoms with van der Waals surface area (Å²) in [6.45, 7) is 0. The van der Waals surface area contributed by atoms with Crippen molar-refractivity contribution in [3.63, 3.8) is 0 Å². The first-order valence-corrected chi connectivity index (χ1v) is 3.07. The van der Waals surface area contributed by atoms with Crippen LogP contribution in [0.5, 0.6) is 0 Å². The quantitative estimate of drug-likeness (QED) is 0.432. The van der Waals surface area contributed by atoms with Crippen molar-refractivity contribution in [2.45, 2.75) is 24.4 Å². The zero-order chi connectivity index (χ0) is 11.8. The summed E-state index contributed by atoms with van der Waals surface area (Å²) < 4.78 is 82.9. The second kappa shape index (κ2) is 3.28. The third-order valence-corrected chi connectivity index (χ3v) is 1.23. The van der Waals surface area contributed by atoms with Crippen LogP contribution in [0.3, 0.4) is 0 Å². The molecule has 0 aromatic heterocycles. The first kappa shape index (κ1) is 13.0. The average Bonchev–Trinajstić information content (AvgIpc) is 1.80. The summed E-state index contributed by atoms with van der Waals surface area (Å²) >= 11 is 0. The van der Waals surface area contributed by atoms with Crippen LogP contribution in [0, 0.1) is 5.41 Å². The highest BCUT2D eigenvalue weighted by atomic mass is 19.4. The van der Waals surface area contributed by atoms with Crippen molar-refractivity contribution in [1.29, 1.82) is 5.41 Å². The van der Waals surface area contributed by atoms with Crippen LogP contribution in [0.2, 0.25) is 0 Å². The Bertz CT molecular complexity index is 231. The van der Waals surface area contributed by atoms with Gasteiger partial charge in [-0.05, 0) is 0 Å². The topological polar surface area (TPSA) is 49.9 Å². The second-order valence-electron chi connectivity index (χ2n) is 2.48. The van der Waals surface area contributed by atoms with Crippen molar-refractivity contribution in [2.75, 3.05) is 0 Å². The number of alkyl halides is 7. The largest absolute Gasteiger partial charge is 0.459 e. The van der Waals surface area contributed by atoms with E-state index in [-0.39, 0.29) is 0 Å². The van der Waals surface area contributed by atoms with Gasteiger partial charge in [-0.3, -0.25) is 5.41 Å². The monoisotopic (exact) mass is 226 g/mol. The summed E-state index contributed by atoms with van der Waals surface area (Å²) in [6, 6.07) is 0. The molecule has 0 aromatic carbocycles. The molecule has 0 saturated carbocycles. The van der Waals surface area contributed by atoms with Crippen LogP contribution in [-0.2, 0) is 0 Å². The minimum atomic E-state index is -6.37. The van der Waals surface area contributed by atoms with Crippen LogP contribution >= 0.6 is 0 Å². The molecule has 0 aliphatic rings. The maximum Gasteiger partial charge on any atom is 0.459 e. The molecule has 0 heterocycles. The van der Waals surface area contributed by atoms with Crippen LogP contribution in [0.15, 0.2) is 0 Å². The number of hydrogen-bond acceptors (Lipinski definition) is 1. The first-order chi connectivity index (χ1) is 5.92. The fraction of sp³-hybridized carbons (Fsp3) is 0.800. The highest BCUT2D eigenvalue weighted by Gasteiger charge is 2.72. The molecule has 0 radical (unpaired) electrons. The van der Waals surface area contributed by atoms with E-state index in [1.54, 1.807) is 0 Å². The van der Waals surface area contributed by atoms with E-state index in [1.165, 1.54) is 0 Å². The predicted octanol–water partition coefficient (Wildman–Crippen LogP) is 2.15. The number of rotatable bonds is 3. The maximum atomic E-state index is 12.3. The van der Waals surface area contributed by atoms with E-state index in [2.05, 4.69) is 5.73 Å². The number of hydrogen-bond donors (Lipinski definition) is 2. The molecule has 84 valence electrons. The smallest absolute Gasteiger partial charge is 0.387 e. The third-order valence-electron chi connectivity index (χ3n) is 1.23. The molecule has 0 fully saturated rings. The van der Waals surface area contributed by atoms with Gasteiger partial charge >= 0.3 is 18.0 Å². The van der Waals surface area contributed by atoms with Gasteiger partial charge in [0.15, 0.2) is 0 Å². The lowest BCUT2D eigenvalue weighted by atomic mass is 10.1. The van der Waals surface area contributed by atoms with Gasteiger partial charge in [0.2, 0.25) is 0 Å². The van der Waals surface area contributed by atoms with Crippen LogP contribution in [0.4, 0.5) is 30.7 Å². The fourth-order valence-electron chi connectivity index (χ4n) is 0.558. The summed E-state index contributed by atoms with van der Waals surface area (Å²) in [5.74, 6) is -13.0. The summed E-state index contributed by atoms with van der Waals surface area (Å²) in [5, 5.41) is 6.23. The first-order valence-electron chi connectivity index (χ1n) is 3.07. The van der Waals surface area contributed by atoms with E-state index in [4.69, 9.17) is 5.41 Å². The van der Waals surface area contributed by atoms with E-state index in [0.29, 0.717) is 0 Å². The van der Waals surface area contributed by atoms with Crippen LogP contribution in [-0.4, -0.2) is 23.9 Å². The summed E-state index contributed by atoms with van der Waals surface area (Å²) in [5.41, 5.74) is 4.32. The lowest BCUT2D eigenvalue weighted by Gasteiger charge is -2.27. The summed E-state index contributed by atoms with van der Waals surface area (Å²) in [7, 11) is 0. The van der Waals surface area contributed by atoms with Gasteiger partial charge in [0.25, 0.3) is 0 Å². The molecule has 0 aromatic rings. The van der Waals surface area contributed by atoms with Crippen molar-refractivity contribution < 1.29 is 30.7 Å². The highest BCUT2D eigenvalue weighted by molar-refractivity contribution is 5.77. The van der Waals surface area contributed by atoms with E-state index in [9.17, 15) is 30.7 Å². The SMILES string of the molecule is N=C(N)CC(F)(F)C(F)(F)C(F)(F)F. The zero-order valence-electron chi connectivity index (χ0n) is 6.43. The van der Waals surface area contributed by atoms with Crippen LogP contribution in [0.25, 0.3) is 0 Å². The van der Waals surface area contributed by atoms with Gasteiger partial charge in [-0.2, -0.15) is 30.7 Å². The molecule has 9 heteroatoms. The standard InChI is InChI=1S/C5H5F7N2/c6-3(7,1-2(13)14)4(8,9)5(10,11)12/h1H2,(H3,13,14). The second-order valence-corrected chi connectivity index (χ2v) is 2.48. The normalized spacial score (nSPS) is 14.2. The van der Waals surface area contributed by atoms with Crippen LogP contribution in [0.1, 0.15) is 6.42 Å². The minimum absolute atomic E-state index is 1.45. The molecule has 0 rings (SSSR count). The van der Waals surface area contributed by atoms with Crippen molar-refractivity contribution in [1.82, 2.24) is 0 Å². The van der Waals surface area contributed by atoms with Gasteiger partial charge < -0.3 is 5.73 Å².